The standard InChI is InChI=1S/C10H12N2/c1-2-8-3-5-12-10(7-8)9-4-6-11-9/h2-3,5,7,9,11H,1,4,6H2/t9-/m1/s1. The summed E-state index contributed by atoms with van der Waals surface area (Å²) < 4.78 is 0. The van der Waals surface area contributed by atoms with Gasteiger partial charge in [-0.05, 0) is 30.7 Å². The van der Waals surface area contributed by atoms with Gasteiger partial charge in [0.25, 0.3) is 0 Å². The molecule has 2 heteroatoms. The largest absolute Gasteiger partial charge is 0.309 e. The van der Waals surface area contributed by atoms with Crippen LogP contribution in [0.25, 0.3) is 6.08 Å². The van der Waals surface area contributed by atoms with E-state index >= 15 is 0 Å². The molecule has 12 heavy (non-hydrogen) atoms. The van der Waals surface area contributed by atoms with Crippen molar-refractivity contribution in [3.63, 3.8) is 0 Å². The summed E-state index contributed by atoms with van der Waals surface area (Å²) in [5, 5.41) is 3.32. The number of aromatic nitrogens is 1. The number of hydrogen-bond acceptors (Lipinski definition) is 2. The second-order valence-electron chi connectivity index (χ2n) is 3.01. The zero-order chi connectivity index (χ0) is 8.39. The summed E-state index contributed by atoms with van der Waals surface area (Å²) in [5.41, 5.74) is 2.28. The lowest BCUT2D eigenvalue weighted by Crippen LogP contribution is -2.35. The minimum atomic E-state index is 0.477. The van der Waals surface area contributed by atoms with Crippen LogP contribution in [0.2, 0.25) is 0 Å². The van der Waals surface area contributed by atoms with Crippen molar-refractivity contribution in [2.24, 2.45) is 0 Å². The van der Waals surface area contributed by atoms with Crippen LogP contribution in [0.1, 0.15) is 23.7 Å². The van der Waals surface area contributed by atoms with Gasteiger partial charge >= 0.3 is 0 Å². The third-order valence-corrected chi connectivity index (χ3v) is 2.22. The van der Waals surface area contributed by atoms with Crippen LogP contribution in [0.5, 0.6) is 0 Å². The molecule has 1 aliphatic heterocycles. The van der Waals surface area contributed by atoms with Crippen molar-refractivity contribution in [2.45, 2.75) is 12.5 Å². The van der Waals surface area contributed by atoms with Gasteiger partial charge in [0, 0.05) is 6.20 Å². The van der Waals surface area contributed by atoms with Gasteiger partial charge in [-0.2, -0.15) is 0 Å². The molecule has 0 aliphatic carbocycles. The fraction of sp³-hybridized carbons (Fsp3) is 0.300. The van der Waals surface area contributed by atoms with E-state index in [0.29, 0.717) is 6.04 Å². The normalized spacial score (nSPS) is 21.5. The van der Waals surface area contributed by atoms with Crippen molar-refractivity contribution >= 4 is 6.08 Å². The highest BCUT2D eigenvalue weighted by molar-refractivity contribution is 5.46. The maximum Gasteiger partial charge on any atom is 0.0579 e. The number of hydrogen-bond donors (Lipinski definition) is 1. The Hall–Kier alpha value is -1.15. The summed E-state index contributed by atoms with van der Waals surface area (Å²) in [4.78, 5) is 4.30. The molecule has 0 unspecified atom stereocenters. The van der Waals surface area contributed by atoms with Gasteiger partial charge in [-0.15, -0.1) is 0 Å². The summed E-state index contributed by atoms with van der Waals surface area (Å²) >= 11 is 0. The first kappa shape index (κ1) is 7.50. The van der Waals surface area contributed by atoms with E-state index in [9.17, 15) is 0 Å². The molecule has 1 aliphatic rings. The molecule has 0 aromatic carbocycles. The van der Waals surface area contributed by atoms with E-state index in [1.54, 1.807) is 0 Å². The van der Waals surface area contributed by atoms with Crippen molar-refractivity contribution < 1.29 is 0 Å². The molecule has 1 aromatic rings. The zero-order valence-corrected chi connectivity index (χ0v) is 6.96. The average Bonchev–Trinajstić information content (AvgIpc) is 2.02. The molecule has 0 amide bonds. The van der Waals surface area contributed by atoms with Gasteiger partial charge in [-0.1, -0.05) is 12.7 Å². The Labute approximate surface area is 72.3 Å². The molecule has 2 nitrogen and oxygen atoms in total. The Balaban J connectivity index is 2.25. The molecule has 2 rings (SSSR count). The zero-order valence-electron chi connectivity index (χ0n) is 6.96. The highest BCUT2D eigenvalue weighted by atomic mass is 15.0. The van der Waals surface area contributed by atoms with Crippen LogP contribution in [-0.2, 0) is 0 Å². The van der Waals surface area contributed by atoms with Gasteiger partial charge in [0.15, 0.2) is 0 Å². The van der Waals surface area contributed by atoms with Crippen molar-refractivity contribution in [3.05, 3.63) is 36.2 Å². The first-order valence-corrected chi connectivity index (χ1v) is 4.22. The van der Waals surface area contributed by atoms with Gasteiger partial charge in [0.05, 0.1) is 11.7 Å². The van der Waals surface area contributed by atoms with Crippen molar-refractivity contribution in [2.75, 3.05) is 6.54 Å². The summed E-state index contributed by atoms with van der Waals surface area (Å²) in [6.45, 7) is 4.84. The SMILES string of the molecule is C=Cc1ccnc([C@H]2CCN2)c1. The highest BCUT2D eigenvalue weighted by Gasteiger charge is 2.19. The van der Waals surface area contributed by atoms with Crippen LogP contribution in [0.15, 0.2) is 24.9 Å². The lowest BCUT2D eigenvalue weighted by atomic mass is 10.0. The maximum atomic E-state index is 4.30. The van der Waals surface area contributed by atoms with E-state index in [1.807, 2.05) is 18.3 Å². The molecule has 1 atom stereocenters. The van der Waals surface area contributed by atoms with E-state index < -0.39 is 0 Å². The van der Waals surface area contributed by atoms with Crippen molar-refractivity contribution in [1.82, 2.24) is 10.3 Å². The molecular formula is C10H12N2. The fourth-order valence-electron chi connectivity index (χ4n) is 1.32. The van der Waals surface area contributed by atoms with Gasteiger partial charge in [-0.3, -0.25) is 4.98 Å². The molecule has 1 aromatic heterocycles. The summed E-state index contributed by atoms with van der Waals surface area (Å²) in [6, 6.07) is 4.53. The molecule has 1 N–H and O–H groups in total. The fourth-order valence-corrected chi connectivity index (χ4v) is 1.32. The summed E-state index contributed by atoms with van der Waals surface area (Å²) in [7, 11) is 0. The average molecular weight is 160 g/mol. The van der Waals surface area contributed by atoms with Crippen LogP contribution in [-0.4, -0.2) is 11.5 Å². The third-order valence-electron chi connectivity index (χ3n) is 2.22. The third kappa shape index (κ3) is 1.25. The lowest BCUT2D eigenvalue weighted by Gasteiger charge is -2.26. The van der Waals surface area contributed by atoms with Gasteiger partial charge in [0.2, 0.25) is 0 Å². The predicted octanol–water partition coefficient (Wildman–Crippen LogP) is 1.76. The second kappa shape index (κ2) is 3.07. The number of nitrogens with one attached hydrogen (secondary N) is 1. The maximum absolute atomic E-state index is 4.30. The first-order valence-electron chi connectivity index (χ1n) is 4.22. The Morgan fingerprint density at radius 3 is 3.08 bits per heavy atom. The van der Waals surface area contributed by atoms with E-state index in [4.69, 9.17) is 0 Å². The molecule has 0 saturated carbocycles. The molecule has 2 heterocycles. The molecule has 0 spiro atoms. The predicted molar refractivity (Wildman–Crippen MR) is 49.7 cm³/mol. The van der Waals surface area contributed by atoms with Crippen LogP contribution >= 0.6 is 0 Å². The molecule has 0 radical (unpaired) electrons. The van der Waals surface area contributed by atoms with E-state index in [-0.39, 0.29) is 0 Å². The quantitative estimate of drug-likeness (QED) is 0.713. The molecule has 1 saturated heterocycles. The Morgan fingerprint density at radius 1 is 1.67 bits per heavy atom. The Morgan fingerprint density at radius 2 is 2.50 bits per heavy atom. The number of rotatable bonds is 2. The summed E-state index contributed by atoms with van der Waals surface area (Å²) in [6.07, 6.45) is 4.89. The number of pyridine rings is 1. The molecule has 0 bridgehead atoms. The van der Waals surface area contributed by atoms with E-state index in [0.717, 1.165) is 17.8 Å². The van der Waals surface area contributed by atoms with Crippen LogP contribution in [0, 0.1) is 0 Å². The topological polar surface area (TPSA) is 24.9 Å². The summed E-state index contributed by atoms with van der Waals surface area (Å²) in [5.74, 6) is 0. The van der Waals surface area contributed by atoms with E-state index in [1.165, 1.54) is 6.42 Å². The first-order chi connectivity index (χ1) is 5.90. The van der Waals surface area contributed by atoms with E-state index in [2.05, 4.69) is 22.9 Å². The van der Waals surface area contributed by atoms with Crippen molar-refractivity contribution in [3.8, 4) is 0 Å². The van der Waals surface area contributed by atoms with Crippen LogP contribution < -0.4 is 5.32 Å². The van der Waals surface area contributed by atoms with Crippen LogP contribution in [0.3, 0.4) is 0 Å². The Bertz CT molecular complexity index is 290. The molecule has 1 fully saturated rings. The second-order valence-corrected chi connectivity index (χ2v) is 3.01. The molecular weight excluding hydrogens is 148 g/mol. The van der Waals surface area contributed by atoms with Gasteiger partial charge < -0.3 is 5.32 Å². The Kier molecular flexibility index (Phi) is 1.92. The number of nitrogens with zero attached hydrogens (tertiary/aromatic N) is 1. The minimum Gasteiger partial charge on any atom is -0.309 e. The minimum absolute atomic E-state index is 0.477. The van der Waals surface area contributed by atoms with Crippen LogP contribution in [0.4, 0.5) is 0 Å². The van der Waals surface area contributed by atoms with Gasteiger partial charge in [-0.25, -0.2) is 0 Å². The smallest absolute Gasteiger partial charge is 0.0579 e. The molecule has 62 valence electrons. The van der Waals surface area contributed by atoms with Gasteiger partial charge in [0.1, 0.15) is 0 Å². The highest BCUT2D eigenvalue weighted by Crippen LogP contribution is 2.21. The van der Waals surface area contributed by atoms with Crippen molar-refractivity contribution in [1.29, 1.82) is 0 Å². The monoisotopic (exact) mass is 160 g/mol. The lowest BCUT2D eigenvalue weighted by molar-refractivity contribution is 0.375.